The van der Waals surface area contributed by atoms with Crippen molar-refractivity contribution in [1.29, 1.82) is 0 Å². The van der Waals surface area contributed by atoms with Gasteiger partial charge in [0.25, 0.3) is 5.56 Å². The minimum atomic E-state index is -0.532. The van der Waals surface area contributed by atoms with Crippen molar-refractivity contribution in [3.05, 3.63) is 34.7 Å². The SMILES string of the molecule is CCCCOc1cnc2ccc(=O)n(CCC34CCC(NC(=O)OC(C)(C)C)(CC3)CO4)c2c1. The fourth-order valence-corrected chi connectivity index (χ4v) is 4.88. The van der Waals surface area contributed by atoms with Gasteiger partial charge in [-0.2, -0.15) is 0 Å². The average Bonchev–Trinajstić information content (AvgIpc) is 2.78. The highest BCUT2D eigenvalue weighted by molar-refractivity contribution is 5.75. The number of pyridine rings is 2. The molecule has 8 nitrogen and oxygen atoms in total. The number of fused-ring (bicyclic) bond motifs is 4. The molecule has 0 atom stereocenters. The molecule has 1 aliphatic carbocycles. The van der Waals surface area contributed by atoms with Crippen LogP contribution in [-0.4, -0.2) is 45.6 Å². The predicted octanol–water partition coefficient (Wildman–Crippen LogP) is 4.57. The second-order valence-electron chi connectivity index (χ2n) is 10.7. The Hall–Kier alpha value is -2.61. The third-order valence-electron chi connectivity index (χ3n) is 6.91. The van der Waals surface area contributed by atoms with Crippen molar-refractivity contribution in [2.45, 2.75) is 95.9 Å². The van der Waals surface area contributed by atoms with Gasteiger partial charge in [0.05, 0.1) is 41.6 Å². The fourth-order valence-electron chi connectivity index (χ4n) is 4.88. The van der Waals surface area contributed by atoms with Crippen LogP contribution < -0.4 is 15.6 Å². The van der Waals surface area contributed by atoms with Gasteiger partial charge in [0.2, 0.25) is 0 Å². The minimum absolute atomic E-state index is 0.0519. The molecular weight excluding hydrogens is 434 g/mol. The third kappa shape index (κ3) is 5.54. The van der Waals surface area contributed by atoms with Gasteiger partial charge >= 0.3 is 6.09 Å². The number of carbonyl (C=O) groups excluding carboxylic acids is 1. The van der Waals surface area contributed by atoms with Crippen molar-refractivity contribution in [2.75, 3.05) is 13.2 Å². The van der Waals surface area contributed by atoms with E-state index in [1.165, 1.54) is 0 Å². The molecule has 2 aliphatic heterocycles. The Morgan fingerprint density at radius 3 is 2.65 bits per heavy atom. The first-order valence-corrected chi connectivity index (χ1v) is 12.4. The Morgan fingerprint density at radius 2 is 2.00 bits per heavy atom. The van der Waals surface area contributed by atoms with E-state index in [9.17, 15) is 9.59 Å². The van der Waals surface area contributed by atoms with E-state index in [1.807, 2.05) is 26.8 Å². The van der Waals surface area contributed by atoms with Crippen molar-refractivity contribution >= 4 is 17.1 Å². The summed E-state index contributed by atoms with van der Waals surface area (Å²) in [7, 11) is 0. The molecule has 5 rings (SSSR count). The average molecular weight is 472 g/mol. The van der Waals surface area contributed by atoms with Gasteiger partial charge in [0.15, 0.2) is 0 Å². The standard InChI is InChI=1S/C26H37N3O5/c1-5-6-15-32-19-16-21-20(27-17-19)7-8-22(30)29(21)14-13-26-11-9-25(10-12-26,18-33-26)28-23(31)34-24(2,3)4/h7-8,16-17H,5-6,9-15,18H2,1-4H3,(H,28,31). The van der Waals surface area contributed by atoms with Crippen LogP contribution in [0.3, 0.4) is 0 Å². The van der Waals surface area contributed by atoms with Crippen LogP contribution in [0.1, 0.15) is 72.6 Å². The lowest BCUT2D eigenvalue weighted by molar-refractivity contribution is -0.165. The van der Waals surface area contributed by atoms with Crippen LogP contribution in [0.4, 0.5) is 4.79 Å². The summed E-state index contributed by atoms with van der Waals surface area (Å²) in [5, 5.41) is 3.06. The lowest BCUT2D eigenvalue weighted by Gasteiger charge is -2.53. The Morgan fingerprint density at radius 1 is 1.24 bits per heavy atom. The Balaban J connectivity index is 1.43. The van der Waals surface area contributed by atoms with Crippen LogP contribution in [0.25, 0.3) is 11.0 Å². The highest BCUT2D eigenvalue weighted by atomic mass is 16.6. The Kier molecular flexibility index (Phi) is 6.90. The van der Waals surface area contributed by atoms with Crippen LogP contribution in [0.15, 0.2) is 29.2 Å². The van der Waals surface area contributed by atoms with Gasteiger partial charge in [-0.1, -0.05) is 13.3 Å². The molecule has 2 aromatic rings. The summed E-state index contributed by atoms with van der Waals surface area (Å²) in [5.41, 5.74) is 0.329. The van der Waals surface area contributed by atoms with E-state index in [0.717, 1.165) is 56.0 Å². The third-order valence-corrected chi connectivity index (χ3v) is 6.91. The van der Waals surface area contributed by atoms with Crippen molar-refractivity contribution in [1.82, 2.24) is 14.9 Å². The van der Waals surface area contributed by atoms with Gasteiger partial charge in [-0.05, 0) is 65.4 Å². The summed E-state index contributed by atoms with van der Waals surface area (Å²) < 4.78 is 19.4. The first-order chi connectivity index (χ1) is 16.1. The van der Waals surface area contributed by atoms with Gasteiger partial charge in [-0.3, -0.25) is 9.78 Å². The molecule has 1 saturated carbocycles. The van der Waals surface area contributed by atoms with Crippen LogP contribution >= 0.6 is 0 Å². The Labute approximate surface area is 201 Å². The van der Waals surface area contributed by atoms with E-state index < -0.39 is 11.7 Å². The Bertz CT molecular complexity index is 1060. The minimum Gasteiger partial charge on any atom is -0.492 e. The molecule has 2 saturated heterocycles. The maximum atomic E-state index is 12.8. The molecule has 3 fully saturated rings. The lowest BCUT2D eigenvalue weighted by atomic mass is 9.70. The van der Waals surface area contributed by atoms with Crippen LogP contribution in [0, 0.1) is 0 Å². The van der Waals surface area contributed by atoms with Crippen molar-refractivity contribution in [2.24, 2.45) is 0 Å². The number of hydrogen-bond donors (Lipinski definition) is 1. The van der Waals surface area contributed by atoms with E-state index in [1.54, 1.807) is 22.9 Å². The zero-order chi connectivity index (χ0) is 24.4. The highest BCUT2D eigenvalue weighted by Crippen LogP contribution is 2.45. The molecule has 2 bridgehead atoms. The van der Waals surface area contributed by atoms with Crippen molar-refractivity contribution in [3.63, 3.8) is 0 Å². The number of alkyl carbamates (subject to hydrolysis) is 1. The van der Waals surface area contributed by atoms with Crippen LogP contribution in [0.2, 0.25) is 0 Å². The number of nitrogens with zero attached hydrogens (tertiary/aromatic N) is 2. The molecular formula is C26H37N3O5. The lowest BCUT2D eigenvalue weighted by Crippen LogP contribution is -2.63. The molecule has 8 heteroatoms. The van der Waals surface area contributed by atoms with E-state index in [0.29, 0.717) is 25.5 Å². The molecule has 1 amide bonds. The number of aromatic nitrogens is 2. The maximum Gasteiger partial charge on any atom is 0.408 e. The number of aryl methyl sites for hydroxylation is 1. The van der Waals surface area contributed by atoms with E-state index in [2.05, 4.69) is 17.2 Å². The molecule has 186 valence electrons. The second-order valence-corrected chi connectivity index (χ2v) is 10.7. The van der Waals surface area contributed by atoms with Crippen LogP contribution in [0.5, 0.6) is 5.75 Å². The number of ether oxygens (including phenoxy) is 3. The molecule has 1 N–H and O–H groups in total. The van der Waals surface area contributed by atoms with Gasteiger partial charge in [0.1, 0.15) is 11.4 Å². The first-order valence-electron chi connectivity index (χ1n) is 12.4. The molecule has 0 aromatic carbocycles. The molecule has 34 heavy (non-hydrogen) atoms. The highest BCUT2D eigenvalue weighted by Gasteiger charge is 2.50. The normalized spacial score (nSPS) is 24.2. The van der Waals surface area contributed by atoms with E-state index >= 15 is 0 Å². The van der Waals surface area contributed by atoms with Gasteiger partial charge < -0.3 is 24.1 Å². The molecule has 0 spiro atoms. The quantitative estimate of drug-likeness (QED) is 0.567. The smallest absolute Gasteiger partial charge is 0.408 e. The number of carbonyl (C=O) groups is 1. The summed E-state index contributed by atoms with van der Waals surface area (Å²) in [5.74, 6) is 0.683. The van der Waals surface area contributed by atoms with Gasteiger partial charge in [0, 0.05) is 18.7 Å². The molecule has 4 heterocycles. The number of nitrogens with one attached hydrogen (secondary N) is 1. The summed E-state index contributed by atoms with van der Waals surface area (Å²) >= 11 is 0. The topological polar surface area (TPSA) is 91.7 Å². The summed E-state index contributed by atoms with van der Waals surface area (Å²) in [6.07, 6.45) is 7.45. The van der Waals surface area contributed by atoms with Crippen molar-refractivity contribution < 1.29 is 19.0 Å². The summed E-state index contributed by atoms with van der Waals surface area (Å²) in [6.45, 7) is 9.35. The van der Waals surface area contributed by atoms with Gasteiger partial charge in [-0.15, -0.1) is 0 Å². The van der Waals surface area contributed by atoms with Gasteiger partial charge in [-0.25, -0.2) is 4.79 Å². The van der Waals surface area contributed by atoms with Crippen LogP contribution in [-0.2, 0) is 16.0 Å². The molecule has 0 radical (unpaired) electrons. The maximum absolute atomic E-state index is 12.8. The number of hydrogen-bond acceptors (Lipinski definition) is 6. The number of unbranched alkanes of at least 4 members (excludes halogenated alkanes) is 1. The van der Waals surface area contributed by atoms with Crippen molar-refractivity contribution in [3.8, 4) is 5.75 Å². The first kappa shape index (κ1) is 24.5. The predicted molar refractivity (Wildman–Crippen MR) is 130 cm³/mol. The summed E-state index contributed by atoms with van der Waals surface area (Å²) in [6, 6.07) is 5.25. The number of amides is 1. The zero-order valence-electron chi connectivity index (χ0n) is 20.8. The largest absolute Gasteiger partial charge is 0.492 e. The molecule has 2 aromatic heterocycles. The summed E-state index contributed by atoms with van der Waals surface area (Å²) in [4.78, 5) is 29.6. The molecule has 3 aliphatic rings. The second kappa shape index (κ2) is 9.56. The number of rotatable bonds is 8. The van der Waals surface area contributed by atoms with E-state index in [4.69, 9.17) is 14.2 Å². The monoisotopic (exact) mass is 471 g/mol. The fraction of sp³-hybridized carbons (Fsp3) is 0.654. The molecule has 0 unspecified atom stereocenters. The zero-order valence-corrected chi connectivity index (χ0v) is 20.8. The van der Waals surface area contributed by atoms with E-state index in [-0.39, 0.29) is 16.7 Å².